The van der Waals surface area contributed by atoms with Crippen LogP contribution >= 0.6 is 11.6 Å². The monoisotopic (exact) mass is 924 g/mol. The molecule has 0 radical (unpaired) electrons. The molecule has 1 saturated heterocycles. The third kappa shape index (κ3) is 10.3. The molecule has 1 heterocycles. The molecule has 7 nitrogen and oxygen atoms in total. The molecule has 2 amide bonds. The van der Waals surface area contributed by atoms with Crippen LogP contribution < -0.4 is 5.32 Å². The predicted molar refractivity (Wildman–Crippen MR) is 272 cm³/mol. The van der Waals surface area contributed by atoms with E-state index in [2.05, 4.69) is 60.4 Å². The molecule has 6 aromatic carbocycles. The zero-order valence-electron chi connectivity index (χ0n) is 38.8. The highest BCUT2D eigenvalue weighted by Gasteiger charge is 2.42. The van der Waals surface area contributed by atoms with Crippen molar-refractivity contribution in [2.75, 3.05) is 19.7 Å². The zero-order valence-corrected chi connectivity index (χ0v) is 39.6. The molecule has 9 rings (SSSR count). The van der Waals surface area contributed by atoms with E-state index in [1.807, 2.05) is 108 Å². The highest BCUT2D eigenvalue weighted by molar-refractivity contribution is 6.31. The first-order valence-corrected chi connectivity index (χ1v) is 25.0. The number of carbonyl (C=O) groups excluding carboxylic acids is 3. The van der Waals surface area contributed by atoms with Gasteiger partial charge in [0.1, 0.15) is 12.6 Å². The van der Waals surface area contributed by atoms with Crippen molar-refractivity contribution in [1.82, 2.24) is 10.2 Å². The van der Waals surface area contributed by atoms with Crippen molar-refractivity contribution < 1.29 is 23.9 Å². The number of hydrogen-bond acceptors (Lipinski definition) is 5. The second kappa shape index (κ2) is 21.7. The molecular weight excluding hydrogens is 864 g/mol. The number of likely N-dealkylation sites (tertiary alicyclic amines) is 1. The third-order valence-electron chi connectivity index (χ3n) is 14.4. The van der Waals surface area contributed by atoms with Crippen molar-refractivity contribution in [2.24, 2.45) is 0 Å². The van der Waals surface area contributed by atoms with E-state index in [-0.39, 0.29) is 30.8 Å². The van der Waals surface area contributed by atoms with Gasteiger partial charge in [-0.15, -0.1) is 0 Å². The minimum Gasteiger partial charge on any atom is -0.449 e. The lowest BCUT2D eigenvalue weighted by molar-refractivity contribution is -0.153. The maximum absolute atomic E-state index is 14.3. The summed E-state index contributed by atoms with van der Waals surface area (Å²) in [4.78, 5) is 43.7. The fourth-order valence-electron chi connectivity index (χ4n) is 10.7. The number of alkyl carbamates (subject to hydrolysis) is 1. The van der Waals surface area contributed by atoms with Crippen molar-refractivity contribution in [3.05, 3.63) is 208 Å². The van der Waals surface area contributed by atoms with Gasteiger partial charge < -0.3 is 19.7 Å². The average molecular weight is 926 g/mol. The molecule has 0 aromatic heterocycles. The van der Waals surface area contributed by atoms with E-state index in [0.717, 1.165) is 69.3 Å². The zero-order chi connectivity index (χ0) is 46.9. The number of fused-ring (bicyclic) bond motifs is 3. The Bertz CT molecular complexity index is 2660. The van der Waals surface area contributed by atoms with Crippen molar-refractivity contribution in [3.63, 3.8) is 0 Å². The van der Waals surface area contributed by atoms with Crippen molar-refractivity contribution in [2.45, 2.75) is 101 Å². The van der Waals surface area contributed by atoms with Gasteiger partial charge in [-0.2, -0.15) is 0 Å². The van der Waals surface area contributed by atoms with E-state index in [9.17, 15) is 14.4 Å². The molecule has 2 aliphatic carbocycles. The van der Waals surface area contributed by atoms with E-state index in [4.69, 9.17) is 21.1 Å². The second-order valence-corrected chi connectivity index (χ2v) is 19.1. The molecule has 0 spiro atoms. The van der Waals surface area contributed by atoms with Crippen LogP contribution in [0.1, 0.15) is 127 Å². The topological polar surface area (TPSA) is 84.9 Å². The van der Waals surface area contributed by atoms with Gasteiger partial charge in [-0.25, -0.2) is 4.79 Å². The quantitative estimate of drug-likeness (QED) is 0.0630. The summed E-state index contributed by atoms with van der Waals surface area (Å²) in [6.07, 6.45) is 10.6. The lowest BCUT2D eigenvalue weighted by Gasteiger charge is -2.36. The lowest BCUT2D eigenvalue weighted by Crippen LogP contribution is -2.51. The van der Waals surface area contributed by atoms with Gasteiger partial charge >= 0.3 is 12.1 Å². The molecule has 0 bridgehead atoms. The summed E-state index contributed by atoms with van der Waals surface area (Å²) < 4.78 is 12.7. The fourth-order valence-corrected chi connectivity index (χ4v) is 11.0. The number of allylic oxidation sites excluding steroid dienone is 1. The minimum absolute atomic E-state index is 0.0894. The standard InChI is InChI=1S/C60H61ClN2O5/c1-42(28-37-57(64)68-60(47-20-8-4-9-21-47,54-26-14-15-27-55(54)61)48-35-33-46(34-36-48)45-18-6-2-3-7-19-45)44-31-29-43(30-32-44)40-56(58(65)63-38-16-5-17-39-63)62-59(66)67-41-53-51-24-12-10-22-49(51)50-23-11-13-25-52(50)53/h4,8-15,20-27,29-36,45,53,56H,1-3,5-7,16-19,28,37-41H2,(H,62,66)/t56-,60?/m0/s1. The van der Waals surface area contributed by atoms with Crippen LogP contribution in [0.4, 0.5) is 4.79 Å². The van der Waals surface area contributed by atoms with Gasteiger partial charge in [0, 0.05) is 53.6 Å². The molecule has 1 saturated carbocycles. The molecule has 1 unspecified atom stereocenters. The van der Waals surface area contributed by atoms with E-state index in [0.29, 0.717) is 42.4 Å². The van der Waals surface area contributed by atoms with Gasteiger partial charge in [0.2, 0.25) is 5.91 Å². The Morgan fingerprint density at radius 3 is 1.91 bits per heavy atom. The average Bonchev–Trinajstić information content (AvgIpc) is 3.48. The molecule has 3 aliphatic rings. The second-order valence-electron chi connectivity index (χ2n) is 18.7. The van der Waals surface area contributed by atoms with Crippen LogP contribution in [0.25, 0.3) is 16.7 Å². The van der Waals surface area contributed by atoms with Crippen LogP contribution in [0, 0.1) is 0 Å². The van der Waals surface area contributed by atoms with E-state index < -0.39 is 17.7 Å². The summed E-state index contributed by atoms with van der Waals surface area (Å²) >= 11 is 7.01. The Hall–Kier alpha value is -6.44. The van der Waals surface area contributed by atoms with E-state index >= 15 is 0 Å². The number of piperidine rings is 1. The number of esters is 1. The first-order valence-electron chi connectivity index (χ1n) is 24.6. The van der Waals surface area contributed by atoms with Crippen LogP contribution in [-0.4, -0.2) is 48.6 Å². The molecule has 2 atom stereocenters. The molecule has 348 valence electrons. The Labute approximate surface area is 406 Å². The molecule has 8 heteroatoms. The molecule has 2 fully saturated rings. The molecule has 68 heavy (non-hydrogen) atoms. The molecule has 6 aromatic rings. The highest BCUT2D eigenvalue weighted by Crippen LogP contribution is 2.46. The van der Waals surface area contributed by atoms with Crippen LogP contribution in [-0.2, 0) is 31.1 Å². The van der Waals surface area contributed by atoms with Gasteiger partial charge in [0.05, 0.1) is 0 Å². The number of nitrogens with zero attached hydrogens (tertiary/aromatic N) is 1. The van der Waals surface area contributed by atoms with E-state index in [1.165, 1.54) is 44.1 Å². The summed E-state index contributed by atoms with van der Waals surface area (Å²) in [5, 5.41) is 3.46. The normalized spacial score (nSPS) is 16.3. The number of hydrogen-bond donors (Lipinski definition) is 1. The van der Waals surface area contributed by atoms with Crippen molar-refractivity contribution >= 4 is 35.1 Å². The third-order valence-corrected chi connectivity index (χ3v) is 14.7. The van der Waals surface area contributed by atoms with Crippen LogP contribution in [0.15, 0.2) is 158 Å². The van der Waals surface area contributed by atoms with Crippen LogP contribution in [0.2, 0.25) is 5.02 Å². The summed E-state index contributed by atoms with van der Waals surface area (Å²) in [5.41, 5.74) is 9.47. The summed E-state index contributed by atoms with van der Waals surface area (Å²) in [7, 11) is 0. The largest absolute Gasteiger partial charge is 0.449 e. The number of amides is 2. The molecule has 1 aliphatic heterocycles. The maximum Gasteiger partial charge on any atom is 0.407 e. The Balaban J connectivity index is 0.881. The Morgan fingerprint density at radius 2 is 1.25 bits per heavy atom. The van der Waals surface area contributed by atoms with Gasteiger partial charge in [-0.3, -0.25) is 9.59 Å². The van der Waals surface area contributed by atoms with Crippen LogP contribution in [0.5, 0.6) is 0 Å². The van der Waals surface area contributed by atoms with Crippen LogP contribution in [0.3, 0.4) is 0 Å². The summed E-state index contributed by atoms with van der Waals surface area (Å²) in [6.45, 7) is 5.88. The summed E-state index contributed by atoms with van der Waals surface area (Å²) in [5.74, 6) is -0.0506. The highest BCUT2D eigenvalue weighted by atomic mass is 35.5. The SMILES string of the molecule is C=C(CCC(=O)OC(c1ccccc1)(c1ccc(C2CCCCCC2)cc1)c1ccccc1Cl)c1ccc(C[C@H](NC(=O)OCC2c3ccccc3-c3ccccc32)C(=O)N2CCCCC2)cc1. The molecular formula is C60H61ClN2O5. The van der Waals surface area contributed by atoms with Gasteiger partial charge in [-0.05, 0) is 95.0 Å². The first kappa shape index (κ1) is 46.7. The number of halogens is 1. The maximum atomic E-state index is 14.3. The Morgan fingerprint density at radius 1 is 0.662 bits per heavy atom. The van der Waals surface area contributed by atoms with Gasteiger partial charge in [-0.1, -0.05) is 189 Å². The fraction of sp³-hybridized carbons (Fsp3) is 0.317. The lowest BCUT2D eigenvalue weighted by atomic mass is 9.79. The smallest absolute Gasteiger partial charge is 0.407 e. The van der Waals surface area contributed by atoms with E-state index in [1.54, 1.807) is 0 Å². The Kier molecular flexibility index (Phi) is 14.9. The molecule has 1 N–H and O–H groups in total. The van der Waals surface area contributed by atoms with Gasteiger partial charge in [0.15, 0.2) is 5.60 Å². The summed E-state index contributed by atoms with van der Waals surface area (Å²) in [6, 6.07) is 49.6. The van der Waals surface area contributed by atoms with Gasteiger partial charge in [0.25, 0.3) is 0 Å². The number of ether oxygens (including phenoxy) is 2. The minimum atomic E-state index is -1.29. The number of carbonyl (C=O) groups is 3. The number of nitrogens with one attached hydrogen (secondary N) is 1. The van der Waals surface area contributed by atoms with Crippen molar-refractivity contribution in [3.8, 4) is 11.1 Å². The number of benzene rings is 6. The van der Waals surface area contributed by atoms with Crippen molar-refractivity contribution in [1.29, 1.82) is 0 Å². The number of rotatable bonds is 15. The predicted octanol–water partition coefficient (Wildman–Crippen LogP) is 13.6. The first-order chi connectivity index (χ1) is 33.3.